The average Bonchev–Trinajstić information content (AvgIpc) is 3.13. The molecule has 3 N–H and O–H groups in total. The van der Waals surface area contributed by atoms with Crippen LogP contribution in [-0.4, -0.2) is 39.9 Å². The Morgan fingerprint density at radius 2 is 2.15 bits per heavy atom. The van der Waals surface area contributed by atoms with Gasteiger partial charge in [-0.05, 0) is 56.5 Å². The Labute approximate surface area is 164 Å². The number of nitrogens with one attached hydrogen (secondary N) is 2. The molecular weight excluding hydrogens is 371 g/mol. The summed E-state index contributed by atoms with van der Waals surface area (Å²) in [6.07, 6.45) is 3.56. The monoisotopic (exact) mass is 396 g/mol. The smallest absolute Gasteiger partial charge is 0.271 e. The lowest BCUT2D eigenvalue weighted by Crippen LogP contribution is -2.34. The van der Waals surface area contributed by atoms with E-state index in [0.29, 0.717) is 17.7 Å². The minimum atomic E-state index is -0.767. The van der Waals surface area contributed by atoms with Gasteiger partial charge in [0.1, 0.15) is 11.5 Å². The fourth-order valence-corrected chi connectivity index (χ4v) is 3.23. The van der Waals surface area contributed by atoms with E-state index in [2.05, 4.69) is 15.7 Å². The molecule has 8 heteroatoms. The molecule has 3 rings (SSSR count). The van der Waals surface area contributed by atoms with E-state index in [0.717, 1.165) is 25.9 Å². The first kappa shape index (κ1) is 21.3. The predicted molar refractivity (Wildman–Crippen MR) is 104 cm³/mol. The second-order valence-corrected chi connectivity index (χ2v) is 6.86. The van der Waals surface area contributed by atoms with E-state index in [-0.39, 0.29) is 36.2 Å². The standard InChI is InChI=1S/C19H25FN4O2.ClH/c1-13(11-18(25)14-4-6-15(20)7-5-14)22-19(26)17-8-10-24(23-17)16-3-2-9-21-12-16;/h4-8,10,13,16,18,21,25H,2-3,9,11-12H2,1H3,(H,22,26);1H. The van der Waals surface area contributed by atoms with Gasteiger partial charge in [-0.15, -0.1) is 12.4 Å². The molecule has 2 heterocycles. The van der Waals surface area contributed by atoms with Crippen LogP contribution in [0.25, 0.3) is 0 Å². The first-order valence-corrected chi connectivity index (χ1v) is 9.03. The van der Waals surface area contributed by atoms with E-state index in [9.17, 15) is 14.3 Å². The minimum absolute atomic E-state index is 0. The third kappa shape index (κ3) is 5.76. The molecule has 0 aliphatic carbocycles. The van der Waals surface area contributed by atoms with Crippen LogP contribution in [0.2, 0.25) is 0 Å². The molecule has 3 atom stereocenters. The highest BCUT2D eigenvalue weighted by Crippen LogP contribution is 2.19. The zero-order valence-corrected chi connectivity index (χ0v) is 16.1. The Balaban J connectivity index is 0.00000261. The Kier molecular flexibility index (Phi) is 7.77. The summed E-state index contributed by atoms with van der Waals surface area (Å²) >= 11 is 0. The summed E-state index contributed by atoms with van der Waals surface area (Å²) in [7, 11) is 0. The molecule has 1 fully saturated rings. The lowest BCUT2D eigenvalue weighted by atomic mass is 10.0. The second-order valence-electron chi connectivity index (χ2n) is 6.86. The van der Waals surface area contributed by atoms with Crippen LogP contribution in [0, 0.1) is 5.82 Å². The summed E-state index contributed by atoms with van der Waals surface area (Å²) in [5.41, 5.74) is 1.00. The quantitative estimate of drug-likeness (QED) is 0.701. The summed E-state index contributed by atoms with van der Waals surface area (Å²) in [6, 6.07) is 7.48. The van der Waals surface area contributed by atoms with Gasteiger partial charge in [-0.1, -0.05) is 12.1 Å². The average molecular weight is 397 g/mol. The SMILES string of the molecule is CC(CC(O)c1ccc(F)cc1)NC(=O)c1ccn(C2CCCNC2)n1.Cl. The van der Waals surface area contributed by atoms with Crippen LogP contribution in [0.5, 0.6) is 0 Å². The summed E-state index contributed by atoms with van der Waals surface area (Å²) in [4.78, 5) is 12.4. The maximum absolute atomic E-state index is 13.0. The number of aliphatic hydroxyl groups is 1. The molecule has 148 valence electrons. The number of halogens is 2. The zero-order valence-electron chi connectivity index (χ0n) is 15.3. The van der Waals surface area contributed by atoms with Crippen molar-refractivity contribution in [1.82, 2.24) is 20.4 Å². The van der Waals surface area contributed by atoms with Gasteiger partial charge in [-0.25, -0.2) is 4.39 Å². The number of amides is 1. The maximum Gasteiger partial charge on any atom is 0.271 e. The molecule has 1 saturated heterocycles. The van der Waals surface area contributed by atoms with Crippen molar-refractivity contribution in [2.45, 2.75) is 44.4 Å². The lowest BCUT2D eigenvalue weighted by Gasteiger charge is -2.23. The lowest BCUT2D eigenvalue weighted by molar-refractivity contribution is 0.0910. The van der Waals surface area contributed by atoms with Crippen molar-refractivity contribution in [3.8, 4) is 0 Å². The Morgan fingerprint density at radius 1 is 1.41 bits per heavy atom. The van der Waals surface area contributed by atoms with Gasteiger partial charge in [0.2, 0.25) is 0 Å². The van der Waals surface area contributed by atoms with Crippen molar-refractivity contribution in [3.05, 3.63) is 53.6 Å². The number of nitrogens with zero attached hydrogens (tertiary/aromatic N) is 2. The van der Waals surface area contributed by atoms with Gasteiger partial charge in [0.25, 0.3) is 5.91 Å². The number of benzene rings is 1. The first-order chi connectivity index (χ1) is 12.5. The molecule has 1 aromatic carbocycles. The van der Waals surface area contributed by atoms with Crippen LogP contribution in [0.4, 0.5) is 4.39 Å². The molecule has 0 spiro atoms. The number of carbonyl (C=O) groups is 1. The van der Waals surface area contributed by atoms with E-state index in [1.165, 1.54) is 12.1 Å². The van der Waals surface area contributed by atoms with Crippen LogP contribution in [-0.2, 0) is 0 Å². The third-order valence-corrected chi connectivity index (χ3v) is 4.70. The normalized spacial score (nSPS) is 19.0. The van der Waals surface area contributed by atoms with Crippen molar-refractivity contribution in [2.75, 3.05) is 13.1 Å². The van der Waals surface area contributed by atoms with E-state index in [1.54, 1.807) is 18.2 Å². The number of carbonyl (C=O) groups excluding carboxylic acids is 1. The number of piperidine rings is 1. The molecule has 3 unspecified atom stereocenters. The van der Waals surface area contributed by atoms with Gasteiger partial charge in [0.15, 0.2) is 0 Å². The summed E-state index contributed by atoms with van der Waals surface area (Å²) in [5.74, 6) is -0.600. The fraction of sp³-hybridized carbons (Fsp3) is 0.474. The fourth-order valence-electron chi connectivity index (χ4n) is 3.23. The molecule has 2 aromatic rings. The second kappa shape index (κ2) is 9.82. The Bertz CT molecular complexity index is 732. The third-order valence-electron chi connectivity index (χ3n) is 4.70. The van der Waals surface area contributed by atoms with Crippen molar-refractivity contribution in [1.29, 1.82) is 0 Å². The van der Waals surface area contributed by atoms with Gasteiger partial charge < -0.3 is 15.7 Å². The predicted octanol–water partition coefficient (Wildman–Crippen LogP) is 2.61. The number of hydrogen-bond acceptors (Lipinski definition) is 4. The van der Waals surface area contributed by atoms with Gasteiger partial charge in [0.05, 0.1) is 12.1 Å². The molecular formula is C19H26ClFN4O2. The Hall–Kier alpha value is -1.96. The topological polar surface area (TPSA) is 79.2 Å². The van der Waals surface area contributed by atoms with Crippen LogP contribution in [0.1, 0.15) is 54.4 Å². The molecule has 6 nitrogen and oxygen atoms in total. The maximum atomic E-state index is 13.0. The number of rotatable bonds is 6. The molecule has 27 heavy (non-hydrogen) atoms. The minimum Gasteiger partial charge on any atom is -0.388 e. The van der Waals surface area contributed by atoms with Gasteiger partial charge in [-0.3, -0.25) is 9.48 Å². The molecule has 0 saturated carbocycles. The molecule has 1 amide bonds. The van der Waals surface area contributed by atoms with Gasteiger partial charge in [-0.2, -0.15) is 5.10 Å². The molecule has 1 aliphatic rings. The van der Waals surface area contributed by atoms with Crippen molar-refractivity contribution >= 4 is 18.3 Å². The van der Waals surface area contributed by atoms with Crippen molar-refractivity contribution < 1.29 is 14.3 Å². The van der Waals surface area contributed by atoms with Crippen molar-refractivity contribution in [2.24, 2.45) is 0 Å². The van der Waals surface area contributed by atoms with E-state index in [1.807, 2.05) is 17.8 Å². The highest BCUT2D eigenvalue weighted by molar-refractivity contribution is 5.92. The summed E-state index contributed by atoms with van der Waals surface area (Å²) in [5, 5.41) is 20.8. The van der Waals surface area contributed by atoms with Crippen LogP contribution < -0.4 is 10.6 Å². The molecule has 1 aliphatic heterocycles. The van der Waals surface area contributed by atoms with Crippen LogP contribution in [0.3, 0.4) is 0 Å². The zero-order chi connectivity index (χ0) is 18.5. The van der Waals surface area contributed by atoms with Gasteiger partial charge >= 0.3 is 0 Å². The number of aromatic nitrogens is 2. The van der Waals surface area contributed by atoms with E-state index < -0.39 is 6.10 Å². The van der Waals surface area contributed by atoms with Crippen LogP contribution >= 0.6 is 12.4 Å². The molecule has 0 radical (unpaired) electrons. The Morgan fingerprint density at radius 3 is 2.81 bits per heavy atom. The first-order valence-electron chi connectivity index (χ1n) is 9.03. The van der Waals surface area contributed by atoms with Crippen molar-refractivity contribution in [3.63, 3.8) is 0 Å². The summed E-state index contributed by atoms with van der Waals surface area (Å²) in [6.45, 7) is 3.72. The van der Waals surface area contributed by atoms with Crippen LogP contribution in [0.15, 0.2) is 36.5 Å². The molecule has 0 bridgehead atoms. The number of hydrogen-bond donors (Lipinski definition) is 3. The summed E-state index contributed by atoms with van der Waals surface area (Å²) < 4.78 is 14.8. The number of aliphatic hydroxyl groups excluding tert-OH is 1. The highest BCUT2D eigenvalue weighted by atomic mass is 35.5. The van der Waals surface area contributed by atoms with E-state index >= 15 is 0 Å². The largest absolute Gasteiger partial charge is 0.388 e. The highest BCUT2D eigenvalue weighted by Gasteiger charge is 2.20. The van der Waals surface area contributed by atoms with Gasteiger partial charge in [0, 0.05) is 18.8 Å². The molecule has 1 aromatic heterocycles. The van der Waals surface area contributed by atoms with E-state index in [4.69, 9.17) is 0 Å².